The number of para-hydroxylation sites is 2. The van der Waals surface area contributed by atoms with E-state index in [9.17, 15) is 14.4 Å². The number of hydrogen-bond acceptors (Lipinski definition) is 18. The van der Waals surface area contributed by atoms with Gasteiger partial charge in [-0.05, 0) is 202 Å². The summed E-state index contributed by atoms with van der Waals surface area (Å²) in [5.41, 5.74) is 42.9. The predicted molar refractivity (Wildman–Crippen MR) is 530 cm³/mol. The lowest BCUT2D eigenvalue weighted by molar-refractivity contribution is -0.151. The smallest absolute Gasteiger partial charge is 0.243 e. The van der Waals surface area contributed by atoms with Gasteiger partial charge in [-0.15, -0.1) is 0 Å². The molecule has 0 aliphatic heterocycles. The quantitative estimate of drug-likeness (QED) is 0.0162. The largest absolute Gasteiger partial charge is 0.368 e. The van der Waals surface area contributed by atoms with Crippen molar-refractivity contribution >= 4 is 92.7 Å². The summed E-state index contributed by atoms with van der Waals surface area (Å²) in [4.78, 5) is 204. The lowest BCUT2D eigenvalue weighted by Gasteiger charge is -2.37. The molecule has 136 heavy (non-hydrogen) atoms. The summed E-state index contributed by atoms with van der Waals surface area (Å²) in [5.74, 6) is -7.20. The minimum absolute atomic E-state index is 0.0104. The summed E-state index contributed by atoms with van der Waals surface area (Å²) in [7, 11) is 0. The van der Waals surface area contributed by atoms with Crippen molar-refractivity contribution in [1.82, 2.24) is 69.2 Å². The first-order valence-electron chi connectivity index (χ1n) is 47.8. The molecule has 0 unspecified atom stereocenters. The first kappa shape index (κ1) is 107. The van der Waals surface area contributed by atoms with E-state index in [0.29, 0.717) is 99.6 Å². The summed E-state index contributed by atoms with van der Waals surface area (Å²) < 4.78 is 0. The molecule has 0 saturated heterocycles. The van der Waals surface area contributed by atoms with Crippen LogP contribution in [0.1, 0.15) is 168 Å². The zero-order valence-corrected chi connectivity index (χ0v) is 79.8. The number of rotatable bonds is 60. The minimum atomic E-state index is -0.843. The molecule has 15 N–H and O–H groups in total. The molecule has 0 aliphatic carbocycles. The number of benzene rings is 7. The van der Waals surface area contributed by atoms with Gasteiger partial charge in [0, 0.05) is 73.5 Å². The van der Waals surface area contributed by atoms with Gasteiger partial charge in [-0.2, -0.15) is 0 Å². The van der Waals surface area contributed by atoms with E-state index in [4.69, 9.17) is 34.4 Å². The number of aromatic nitrogens is 2. The Hall–Kier alpha value is -13.0. The average molecular weight is 1860 g/mol. The van der Waals surface area contributed by atoms with Crippen molar-refractivity contribution in [2.45, 2.75) is 142 Å². The molecule has 0 spiro atoms. The van der Waals surface area contributed by atoms with Crippen LogP contribution in [0.4, 0.5) is 0 Å². The highest BCUT2D eigenvalue weighted by Crippen LogP contribution is 2.30. The number of carbonyl (C=O) groups excluding carboxylic acids is 12. The lowest BCUT2D eigenvalue weighted by Crippen LogP contribution is -2.53. The van der Waals surface area contributed by atoms with Gasteiger partial charge in [0.2, 0.25) is 70.9 Å². The lowest BCUT2D eigenvalue weighted by atomic mass is 10.0. The Bertz CT molecular complexity index is 5260. The van der Waals surface area contributed by atoms with Crippen molar-refractivity contribution < 1.29 is 57.5 Å². The number of primary amides is 1. The molecule has 5 atom stereocenters. The fourth-order valence-electron chi connectivity index (χ4n) is 16.9. The first-order valence-corrected chi connectivity index (χ1v) is 47.8. The SMILES string of the molecule is C[C@@H](c1ccccc1)N(CC(=O)N(CCCCN)CC(=O)N(CCc1c[nH]c2ccccc12)CC(=O)N(CCc1c[nH]c2ccccc12)CC(N)=O)C(=O)CN(CCCCN)C(=O)CN(CCCCN)C(=O)CN(C(=O)CN(C(=O)CN(CCCCN)C(=O)CN(C(=O)CN(C(=O)CNCCCCN)[C@@H](C)c1ccccc1)[C@@H](C)c1ccccc1)[C@@H](C)c1ccccc1)[C@@H](C)c1ccccc1. The zero-order valence-electron chi connectivity index (χ0n) is 79.8. The number of hydrogen-bond donors (Lipinski definition) is 9. The highest BCUT2D eigenvalue weighted by atomic mass is 16.2. The Morgan fingerprint density at radius 3 is 0.779 bits per heavy atom. The number of nitrogens with one attached hydrogen (secondary N) is 3. The molecule has 7 aromatic carbocycles. The molecular formula is C104H142N20O12. The van der Waals surface area contributed by atoms with Gasteiger partial charge in [0.15, 0.2) is 0 Å². The van der Waals surface area contributed by atoms with Crippen LogP contribution in [0, 0.1) is 0 Å². The van der Waals surface area contributed by atoms with Crippen LogP contribution in [0.3, 0.4) is 0 Å². The van der Waals surface area contributed by atoms with Crippen LogP contribution >= 0.6 is 0 Å². The minimum Gasteiger partial charge on any atom is -0.368 e. The van der Waals surface area contributed by atoms with Crippen LogP contribution in [0.2, 0.25) is 0 Å². The second-order valence-electron chi connectivity index (χ2n) is 34.8. The molecule has 9 rings (SSSR count). The fraction of sp³-hybridized carbons (Fsp3) is 0.442. The van der Waals surface area contributed by atoms with Gasteiger partial charge >= 0.3 is 0 Å². The van der Waals surface area contributed by atoms with Crippen LogP contribution in [0.25, 0.3) is 21.8 Å². The van der Waals surface area contributed by atoms with Crippen LogP contribution in [-0.2, 0) is 70.4 Å². The second kappa shape index (κ2) is 56.4. The van der Waals surface area contributed by atoms with Crippen LogP contribution < -0.4 is 39.7 Å². The van der Waals surface area contributed by atoms with Gasteiger partial charge in [-0.25, -0.2) is 0 Å². The van der Waals surface area contributed by atoms with Crippen molar-refractivity contribution in [3.05, 3.63) is 252 Å². The molecule has 2 heterocycles. The Balaban J connectivity index is 0.987. The van der Waals surface area contributed by atoms with Gasteiger partial charge in [0.05, 0.1) is 76.0 Å². The molecule has 730 valence electrons. The molecular weight excluding hydrogens is 1720 g/mol. The Labute approximate surface area is 800 Å². The maximum atomic E-state index is 16.0. The monoisotopic (exact) mass is 1860 g/mol. The highest BCUT2D eigenvalue weighted by molar-refractivity contribution is 5.96. The molecule has 32 nitrogen and oxygen atoms in total. The molecule has 0 aliphatic rings. The summed E-state index contributed by atoms with van der Waals surface area (Å²) in [6, 6.07) is 57.3. The van der Waals surface area contributed by atoms with Crippen molar-refractivity contribution in [3.8, 4) is 0 Å². The number of nitrogens with zero attached hydrogens (tertiary/aromatic N) is 11. The number of amides is 12. The fourth-order valence-corrected chi connectivity index (χ4v) is 16.9. The van der Waals surface area contributed by atoms with Gasteiger partial charge < -0.3 is 104 Å². The standard InChI is InChI=1S/C104H142N20O12/c1-77(82-35-11-6-12-36-82)120(94(126)65-111-56-30-25-51-105)75-103(135)122(79(3)84-39-15-8-16-40-84)74-100(132)117(60-34-29-55-109)71-102(134)124(81(5)86-43-19-10-20-44-86)76-104(136)123(80(4)85-41-17-9-18-42-85)73-99(131)114(57-31-26-52-106)67-95(127)116(59-33-28-54-108)70-101(133)121(78(2)83-37-13-7-14-38-83)72-98(130)115(58-32-27-53-107)68-97(129)119(62-50-88-64-113-92-48-24-22-46-90(88)92)69-96(128)118(66-93(110)125)61-49-87-63-112-91-47-23-21-45-89(87)91/h6-24,35-48,63-64,77-81,111-113H,25-34,49-62,65-76,105-109H2,1-5H3,(H2,110,125)/t77-,78-,79-,80-,81-/m0/s1. The molecule has 32 heteroatoms. The normalized spacial score (nSPS) is 12.3. The van der Waals surface area contributed by atoms with E-state index >= 15 is 43.2 Å². The average Bonchev–Trinajstić information content (AvgIpc) is 1.23. The number of nitrogens with two attached hydrogens (primary N) is 6. The summed E-state index contributed by atoms with van der Waals surface area (Å²) >= 11 is 0. The maximum Gasteiger partial charge on any atom is 0.243 e. The third-order valence-electron chi connectivity index (χ3n) is 25.2. The molecule has 12 amide bonds. The Morgan fingerprint density at radius 2 is 0.493 bits per heavy atom. The molecule has 0 saturated carbocycles. The summed E-state index contributed by atoms with van der Waals surface area (Å²) in [5, 5.41) is 5.08. The van der Waals surface area contributed by atoms with E-state index in [-0.39, 0.29) is 77.9 Å². The number of unbranched alkanes of at least 4 members (excludes halogenated alkanes) is 5. The van der Waals surface area contributed by atoms with Crippen molar-refractivity contribution in [1.29, 1.82) is 0 Å². The number of carbonyl (C=O) groups is 12. The van der Waals surface area contributed by atoms with E-state index in [1.54, 1.807) is 64.1 Å². The molecule has 0 radical (unpaired) electrons. The Kier molecular flexibility index (Phi) is 44.2. The Morgan fingerprint density at radius 1 is 0.265 bits per heavy atom. The van der Waals surface area contributed by atoms with E-state index in [2.05, 4.69) is 15.3 Å². The van der Waals surface area contributed by atoms with E-state index in [1.165, 1.54) is 53.9 Å². The van der Waals surface area contributed by atoms with Crippen molar-refractivity contribution in [2.24, 2.45) is 34.4 Å². The third kappa shape index (κ3) is 32.4. The number of aromatic amines is 2. The van der Waals surface area contributed by atoms with E-state index < -0.39 is 167 Å². The topological polar surface area (TPSA) is 440 Å². The van der Waals surface area contributed by atoms with Gasteiger partial charge in [0.1, 0.15) is 32.7 Å². The number of H-pyrrole nitrogens is 2. The molecule has 0 bridgehead atoms. The maximum absolute atomic E-state index is 16.0. The van der Waals surface area contributed by atoms with E-state index in [1.807, 2.05) is 183 Å². The zero-order chi connectivity index (χ0) is 97.8. The van der Waals surface area contributed by atoms with Crippen molar-refractivity contribution in [2.75, 3.05) is 157 Å². The highest BCUT2D eigenvalue weighted by Gasteiger charge is 2.38. The molecule has 9 aromatic rings. The molecule has 2 aromatic heterocycles. The predicted octanol–water partition coefficient (Wildman–Crippen LogP) is 8.12. The third-order valence-corrected chi connectivity index (χ3v) is 25.2. The first-order chi connectivity index (χ1) is 65.8. The van der Waals surface area contributed by atoms with Crippen LogP contribution in [0.5, 0.6) is 0 Å². The molecule has 0 fully saturated rings. The van der Waals surface area contributed by atoms with Crippen LogP contribution in [-0.4, -0.2) is 292 Å². The van der Waals surface area contributed by atoms with Crippen LogP contribution in [0.15, 0.2) is 213 Å². The number of fused-ring (bicyclic) bond motifs is 2. The van der Waals surface area contributed by atoms with E-state index in [0.717, 1.165) is 51.3 Å². The van der Waals surface area contributed by atoms with Gasteiger partial charge in [-0.3, -0.25) is 57.5 Å². The van der Waals surface area contributed by atoms with Crippen molar-refractivity contribution in [3.63, 3.8) is 0 Å². The summed E-state index contributed by atoms with van der Waals surface area (Å²) in [6.07, 6.45) is 9.03. The second-order valence-corrected chi connectivity index (χ2v) is 34.8. The summed E-state index contributed by atoms with van der Waals surface area (Å²) in [6.45, 7) is 5.18. The van der Waals surface area contributed by atoms with Gasteiger partial charge in [-0.1, -0.05) is 188 Å². The van der Waals surface area contributed by atoms with Gasteiger partial charge in [0.25, 0.3) is 0 Å².